The summed E-state index contributed by atoms with van der Waals surface area (Å²) < 4.78 is 1.14. The summed E-state index contributed by atoms with van der Waals surface area (Å²) in [6.07, 6.45) is 10.7. The van der Waals surface area contributed by atoms with Gasteiger partial charge in [-0.3, -0.25) is 0 Å². The summed E-state index contributed by atoms with van der Waals surface area (Å²) >= 11 is 21.4. The molecule has 0 bridgehead atoms. The lowest BCUT2D eigenvalue weighted by Crippen LogP contribution is -2.27. The van der Waals surface area contributed by atoms with Crippen molar-refractivity contribution in [2.45, 2.75) is 86.0 Å². The van der Waals surface area contributed by atoms with Crippen LogP contribution in [0.25, 0.3) is 0 Å². The Labute approximate surface area is 244 Å². The number of hydrogen-bond donors (Lipinski definition) is 2. The van der Waals surface area contributed by atoms with Crippen molar-refractivity contribution in [2.75, 3.05) is 19.6 Å². The van der Waals surface area contributed by atoms with Gasteiger partial charge in [-0.05, 0) is 61.5 Å². The van der Waals surface area contributed by atoms with Crippen molar-refractivity contribution in [2.24, 2.45) is 0 Å². The van der Waals surface area contributed by atoms with Gasteiger partial charge in [0.15, 0.2) is 3.95 Å². The fraction of sp³-hybridized carbons (Fsp3) is 0.800. The number of nitrogens with zero attached hydrogens (tertiary/aromatic N) is 2. The fourth-order valence-corrected chi connectivity index (χ4v) is 3.63. The van der Waals surface area contributed by atoms with E-state index in [1.54, 1.807) is 15.9 Å². The zero-order chi connectivity index (χ0) is 24.8. The maximum absolute atomic E-state index is 4.66. The van der Waals surface area contributed by atoms with E-state index >= 15 is 0 Å². The maximum atomic E-state index is 4.66. The Kier molecular flexibility index (Phi) is 50.7. The highest BCUT2D eigenvalue weighted by atomic mass is 128. The molecular weight excluding hydrogens is 728 g/mol. The van der Waals surface area contributed by atoms with Crippen molar-refractivity contribution in [1.29, 1.82) is 0 Å². The molecular formula is C20H41I2N3S6. The number of thiocarbonyl (C=S) groups is 2. The Bertz CT molecular complexity index is 463. The molecule has 0 fully saturated rings. The van der Waals surface area contributed by atoms with Crippen LogP contribution in [0, 0.1) is 3.95 Å². The monoisotopic (exact) mass is 769 g/mol. The highest BCUT2D eigenvalue weighted by Gasteiger charge is 2.01. The van der Waals surface area contributed by atoms with E-state index in [0.29, 0.717) is 4.32 Å². The van der Waals surface area contributed by atoms with E-state index in [1.807, 2.05) is 0 Å². The molecule has 0 aliphatic rings. The summed E-state index contributed by atoms with van der Waals surface area (Å²) in [5, 5.41) is 2.49. The molecule has 0 saturated carbocycles. The Balaban J connectivity index is -0.000000169. The zero-order valence-electron chi connectivity index (χ0n) is 19.6. The van der Waals surface area contributed by atoms with Crippen molar-refractivity contribution >= 4 is 117 Å². The first kappa shape index (κ1) is 40.1. The molecule has 0 aliphatic carbocycles. The summed E-state index contributed by atoms with van der Waals surface area (Å²) in [5.41, 5.74) is 3.06. The number of halogens is 2. The first-order valence-electron chi connectivity index (χ1n) is 10.6. The summed E-state index contributed by atoms with van der Waals surface area (Å²) in [6.45, 7) is 15.1. The molecule has 1 N–H and O–H groups in total. The smallest absolute Gasteiger partial charge is 0.191 e. The van der Waals surface area contributed by atoms with Gasteiger partial charge >= 0.3 is 0 Å². The van der Waals surface area contributed by atoms with Crippen molar-refractivity contribution in [3.63, 3.8) is 0 Å². The molecule has 1 heterocycles. The minimum atomic E-state index is 0.407. The first-order valence-corrected chi connectivity index (χ1v) is 20.9. The lowest BCUT2D eigenvalue weighted by molar-refractivity contribution is 0.261. The van der Waals surface area contributed by atoms with Crippen LogP contribution in [0.15, 0.2) is 5.51 Å². The van der Waals surface area contributed by atoms with Gasteiger partial charge in [-0.25, -0.2) is 4.98 Å². The number of thiol groups is 1. The van der Waals surface area contributed by atoms with Crippen LogP contribution in [-0.2, 0) is 0 Å². The first-order chi connectivity index (χ1) is 14.9. The van der Waals surface area contributed by atoms with E-state index in [0.717, 1.165) is 3.95 Å². The molecule has 0 saturated heterocycles. The largest absolute Gasteiger partial charge is 0.339 e. The molecule has 0 aromatic carbocycles. The second kappa shape index (κ2) is 39.2. The average Bonchev–Trinajstić information content (AvgIpc) is 3.26. The lowest BCUT2D eigenvalue weighted by atomic mass is 10.2. The van der Waals surface area contributed by atoms with E-state index in [1.165, 1.54) is 86.8 Å². The number of unbranched alkanes of at least 4 members (excludes halogenated alkanes) is 4. The highest BCUT2D eigenvalue weighted by Crippen LogP contribution is 2.03. The van der Waals surface area contributed by atoms with Gasteiger partial charge < -0.3 is 10.2 Å². The minimum absolute atomic E-state index is 0.407. The highest BCUT2D eigenvalue weighted by molar-refractivity contribution is 15.0. The van der Waals surface area contributed by atoms with Gasteiger partial charge in [-0.15, -0.1) is 12.6 Å². The third kappa shape index (κ3) is 46.0. The van der Waals surface area contributed by atoms with Crippen molar-refractivity contribution in [1.82, 2.24) is 15.2 Å². The molecule has 0 atom stereocenters. The molecule has 11 heteroatoms. The fourth-order valence-electron chi connectivity index (χ4n) is 1.68. The molecule has 0 spiro atoms. The molecule has 1 rings (SSSR count). The Morgan fingerprint density at radius 3 is 1.55 bits per heavy atom. The van der Waals surface area contributed by atoms with Crippen molar-refractivity contribution in [3.8, 4) is 0 Å². The topological polar surface area (TPSA) is 28.2 Å². The molecule has 0 amide bonds. The van der Waals surface area contributed by atoms with Gasteiger partial charge in [0.25, 0.3) is 0 Å². The minimum Gasteiger partial charge on any atom is -0.339 e. The van der Waals surface area contributed by atoms with Crippen LogP contribution in [-0.4, -0.2) is 39.3 Å². The summed E-state index contributed by atoms with van der Waals surface area (Å²) in [6, 6.07) is 0. The number of rotatable bonds is 11. The number of aromatic nitrogens is 1. The SMILES string of the molecule is CCCC.CCCCN(CCCC)CCCC.II.S=CNC(=S)S.S=c1ncss1. The standard InChI is InChI=1S/C12H27N.C4H10.C2HNS3.C2H3NS3.I2/c1-4-7-10-13(11-8-5-2)12-9-6-3;1-3-4-2;4-2-3-1-5-6-2;4-1-3-2(5)6;1-2/h4-12H2,1-3H3;3-4H2,1-2H3;1H;1H,(H2,3,4,5,6);. The van der Waals surface area contributed by atoms with E-state index in [4.69, 9.17) is 0 Å². The Morgan fingerprint density at radius 2 is 1.42 bits per heavy atom. The van der Waals surface area contributed by atoms with Gasteiger partial charge in [0.1, 0.15) is 4.32 Å². The molecule has 1 aromatic rings. The Hall–Kier alpha value is 1.95. The second-order valence-corrected chi connectivity index (χ2v) is 10.2. The van der Waals surface area contributed by atoms with Crippen molar-refractivity contribution < 1.29 is 0 Å². The third-order valence-corrected chi connectivity index (χ3v) is 6.08. The molecule has 3 nitrogen and oxygen atoms in total. The van der Waals surface area contributed by atoms with Gasteiger partial charge in [-0.1, -0.05) is 101 Å². The van der Waals surface area contributed by atoms with Gasteiger partial charge in [0.05, 0.1) is 11.0 Å². The predicted molar refractivity (Wildman–Crippen MR) is 179 cm³/mol. The molecule has 186 valence electrons. The maximum Gasteiger partial charge on any atom is 0.191 e. The van der Waals surface area contributed by atoms with Gasteiger partial charge in [0, 0.05) is 37.2 Å². The third-order valence-electron chi connectivity index (χ3n) is 3.49. The lowest BCUT2D eigenvalue weighted by Gasteiger charge is -2.21. The summed E-state index contributed by atoms with van der Waals surface area (Å²) in [5.74, 6) is 0. The Morgan fingerprint density at radius 1 is 1.00 bits per heavy atom. The van der Waals surface area contributed by atoms with Crippen LogP contribution in [0.3, 0.4) is 0 Å². The van der Waals surface area contributed by atoms with E-state index in [9.17, 15) is 0 Å². The molecule has 1 aromatic heterocycles. The van der Waals surface area contributed by atoms with E-state index < -0.39 is 0 Å². The van der Waals surface area contributed by atoms with Crippen LogP contribution >= 0.6 is 107 Å². The van der Waals surface area contributed by atoms with E-state index in [-0.39, 0.29) is 0 Å². The summed E-state index contributed by atoms with van der Waals surface area (Å²) in [4.78, 5) is 6.40. The molecule has 0 aliphatic heterocycles. The second-order valence-electron chi connectivity index (χ2n) is 6.15. The van der Waals surface area contributed by atoms with Crippen LogP contribution in [0.5, 0.6) is 0 Å². The molecule has 31 heavy (non-hydrogen) atoms. The van der Waals surface area contributed by atoms with Crippen molar-refractivity contribution in [3.05, 3.63) is 9.46 Å². The van der Waals surface area contributed by atoms with Crippen LogP contribution < -0.4 is 5.32 Å². The average molecular weight is 770 g/mol. The molecule has 0 radical (unpaired) electrons. The van der Waals surface area contributed by atoms with Crippen LogP contribution in [0.2, 0.25) is 0 Å². The van der Waals surface area contributed by atoms with E-state index in [2.05, 4.69) is 136 Å². The number of hydrogen-bond acceptors (Lipinski definition) is 7. The van der Waals surface area contributed by atoms with Crippen LogP contribution in [0.1, 0.15) is 86.0 Å². The predicted octanol–water partition coefficient (Wildman–Crippen LogP) is 9.95. The quantitative estimate of drug-likeness (QED) is 0.101. The molecule has 0 unspecified atom stereocenters. The summed E-state index contributed by atoms with van der Waals surface area (Å²) in [7, 11) is 3.09. The zero-order valence-corrected chi connectivity index (χ0v) is 28.9. The van der Waals surface area contributed by atoms with Gasteiger partial charge in [0.2, 0.25) is 0 Å². The normalized spacial score (nSPS) is 8.81. The number of nitrogens with one attached hydrogen (secondary N) is 1. The van der Waals surface area contributed by atoms with Gasteiger partial charge in [-0.2, -0.15) is 0 Å². The van der Waals surface area contributed by atoms with Crippen LogP contribution in [0.4, 0.5) is 0 Å².